The number of esters is 1. The molecule has 6 heteroatoms. The van der Waals surface area contributed by atoms with Crippen LogP contribution < -0.4 is 4.90 Å². The molecule has 0 amide bonds. The van der Waals surface area contributed by atoms with E-state index in [9.17, 15) is 4.79 Å². The fraction of sp³-hybridized carbons (Fsp3) is 0.714. The largest absolute Gasteiger partial charge is 0.465 e. The highest BCUT2D eigenvalue weighted by atomic mass is 32.1. The van der Waals surface area contributed by atoms with Gasteiger partial charge >= 0.3 is 5.97 Å². The van der Waals surface area contributed by atoms with Crippen LogP contribution in [0.25, 0.3) is 0 Å². The molecule has 0 radical (unpaired) electrons. The summed E-state index contributed by atoms with van der Waals surface area (Å²) in [6.45, 7) is 7.45. The Morgan fingerprint density at radius 2 is 2.40 bits per heavy atom. The maximum Gasteiger partial charge on any atom is 0.317 e. The van der Waals surface area contributed by atoms with Crippen molar-refractivity contribution in [2.24, 2.45) is 0 Å². The standard InChI is InChI=1S/C14H22N2O3S/c1-5-19-12(17)14(2,3)11-9-20-13(15-11)16(4)10-6-7-18-8-10/h9-10H,5-8H2,1-4H3. The number of likely N-dealkylation sites (N-methyl/N-ethyl adjacent to an activating group) is 1. The van der Waals surface area contributed by atoms with Crippen LogP contribution in [0.1, 0.15) is 32.9 Å². The van der Waals surface area contributed by atoms with Crippen molar-refractivity contribution in [3.05, 3.63) is 11.1 Å². The van der Waals surface area contributed by atoms with Crippen molar-refractivity contribution in [3.8, 4) is 0 Å². The number of nitrogens with zero attached hydrogens (tertiary/aromatic N) is 2. The van der Waals surface area contributed by atoms with Crippen LogP contribution in [-0.2, 0) is 19.7 Å². The summed E-state index contributed by atoms with van der Waals surface area (Å²) in [4.78, 5) is 18.8. The third kappa shape index (κ3) is 2.96. The highest BCUT2D eigenvalue weighted by Crippen LogP contribution is 2.31. The van der Waals surface area contributed by atoms with Gasteiger partial charge < -0.3 is 14.4 Å². The van der Waals surface area contributed by atoms with Crippen molar-refractivity contribution in [2.75, 3.05) is 31.8 Å². The zero-order valence-electron chi connectivity index (χ0n) is 12.5. The van der Waals surface area contributed by atoms with Crippen molar-refractivity contribution in [1.82, 2.24) is 4.98 Å². The fourth-order valence-corrected chi connectivity index (χ4v) is 3.14. The Bertz CT molecular complexity index is 467. The topological polar surface area (TPSA) is 51.7 Å². The van der Waals surface area contributed by atoms with Gasteiger partial charge in [0.15, 0.2) is 5.13 Å². The lowest BCUT2D eigenvalue weighted by atomic mass is 9.90. The zero-order chi connectivity index (χ0) is 14.8. The predicted octanol–water partition coefficient (Wildman–Crippen LogP) is 2.21. The second-order valence-corrected chi connectivity index (χ2v) is 6.33. The van der Waals surface area contributed by atoms with Gasteiger partial charge in [0.2, 0.25) is 0 Å². The lowest BCUT2D eigenvalue weighted by Gasteiger charge is -2.23. The molecule has 20 heavy (non-hydrogen) atoms. The normalized spacial score (nSPS) is 19.1. The molecule has 0 spiro atoms. The predicted molar refractivity (Wildman–Crippen MR) is 79.4 cm³/mol. The molecule has 1 aliphatic heterocycles. The maximum absolute atomic E-state index is 12.0. The van der Waals surface area contributed by atoms with Gasteiger partial charge in [-0.2, -0.15) is 0 Å². The van der Waals surface area contributed by atoms with Gasteiger partial charge in [0.25, 0.3) is 0 Å². The Labute approximate surface area is 123 Å². The summed E-state index contributed by atoms with van der Waals surface area (Å²) >= 11 is 1.56. The van der Waals surface area contributed by atoms with Gasteiger partial charge in [-0.15, -0.1) is 11.3 Å². The van der Waals surface area contributed by atoms with Crippen molar-refractivity contribution < 1.29 is 14.3 Å². The number of carbonyl (C=O) groups is 1. The van der Waals surface area contributed by atoms with Gasteiger partial charge in [0.05, 0.1) is 24.9 Å². The molecular weight excluding hydrogens is 276 g/mol. The average Bonchev–Trinajstić information content (AvgIpc) is 3.09. The molecule has 0 aromatic carbocycles. The van der Waals surface area contributed by atoms with Crippen molar-refractivity contribution in [2.45, 2.75) is 38.6 Å². The summed E-state index contributed by atoms with van der Waals surface area (Å²) in [6, 6.07) is 0.375. The SMILES string of the molecule is CCOC(=O)C(C)(C)c1csc(N(C)C2CCOC2)n1. The summed E-state index contributed by atoms with van der Waals surface area (Å²) in [5.74, 6) is -0.233. The molecule has 1 fully saturated rings. The molecule has 1 unspecified atom stereocenters. The van der Waals surface area contributed by atoms with Crippen molar-refractivity contribution >= 4 is 22.4 Å². The molecule has 0 saturated carbocycles. The van der Waals surface area contributed by atoms with Gasteiger partial charge in [0.1, 0.15) is 5.41 Å². The van der Waals surface area contributed by atoms with Crippen LogP contribution in [0.3, 0.4) is 0 Å². The van der Waals surface area contributed by atoms with E-state index in [0.717, 1.165) is 30.5 Å². The average molecular weight is 298 g/mol. The second-order valence-electron chi connectivity index (χ2n) is 5.49. The lowest BCUT2D eigenvalue weighted by molar-refractivity contribution is -0.148. The van der Waals surface area contributed by atoms with E-state index in [0.29, 0.717) is 12.6 Å². The quantitative estimate of drug-likeness (QED) is 0.780. The molecular formula is C14H22N2O3S. The molecule has 0 aliphatic carbocycles. The Hall–Kier alpha value is -1.14. The molecule has 0 N–H and O–H groups in total. The molecule has 2 heterocycles. The summed E-state index contributed by atoms with van der Waals surface area (Å²) in [6.07, 6.45) is 1.02. The summed E-state index contributed by atoms with van der Waals surface area (Å²) in [5.41, 5.74) is 0.0549. The highest BCUT2D eigenvalue weighted by molar-refractivity contribution is 7.13. The smallest absolute Gasteiger partial charge is 0.317 e. The number of ether oxygens (including phenoxy) is 2. The van der Waals surface area contributed by atoms with E-state index in [4.69, 9.17) is 9.47 Å². The molecule has 5 nitrogen and oxygen atoms in total. The van der Waals surface area contributed by atoms with Crippen molar-refractivity contribution in [1.29, 1.82) is 0 Å². The Balaban J connectivity index is 2.13. The molecule has 2 rings (SSSR count). The van der Waals surface area contributed by atoms with E-state index in [2.05, 4.69) is 9.88 Å². The van der Waals surface area contributed by atoms with Gasteiger partial charge in [-0.25, -0.2) is 4.98 Å². The number of rotatable bonds is 5. The van der Waals surface area contributed by atoms with E-state index in [1.807, 2.05) is 33.2 Å². The molecule has 0 bridgehead atoms. The lowest BCUT2D eigenvalue weighted by Crippen LogP contribution is -2.33. The molecule has 1 aliphatic rings. The van der Waals surface area contributed by atoms with Gasteiger partial charge in [-0.05, 0) is 27.2 Å². The van der Waals surface area contributed by atoms with Gasteiger partial charge in [-0.3, -0.25) is 4.79 Å². The minimum atomic E-state index is -0.711. The fourth-order valence-electron chi connectivity index (χ4n) is 2.11. The number of hydrogen-bond donors (Lipinski definition) is 0. The summed E-state index contributed by atoms with van der Waals surface area (Å²) < 4.78 is 10.5. The number of aromatic nitrogens is 1. The van der Waals surface area contributed by atoms with Crippen LogP contribution in [0.2, 0.25) is 0 Å². The van der Waals surface area contributed by atoms with E-state index in [1.165, 1.54) is 0 Å². The van der Waals surface area contributed by atoms with Gasteiger partial charge in [-0.1, -0.05) is 0 Å². The Morgan fingerprint density at radius 3 is 3.00 bits per heavy atom. The van der Waals surface area contributed by atoms with Crippen LogP contribution in [0.4, 0.5) is 5.13 Å². The number of anilines is 1. The van der Waals surface area contributed by atoms with Gasteiger partial charge in [0, 0.05) is 19.0 Å². The Kier molecular flexibility index (Phi) is 4.65. The van der Waals surface area contributed by atoms with E-state index in [-0.39, 0.29) is 5.97 Å². The summed E-state index contributed by atoms with van der Waals surface area (Å²) in [7, 11) is 2.03. The molecule has 1 saturated heterocycles. The third-order valence-corrected chi connectivity index (χ3v) is 4.60. The zero-order valence-corrected chi connectivity index (χ0v) is 13.3. The second kappa shape index (κ2) is 6.10. The van der Waals surface area contributed by atoms with Crippen LogP contribution in [0.5, 0.6) is 0 Å². The van der Waals surface area contributed by atoms with Crippen LogP contribution in [0.15, 0.2) is 5.38 Å². The number of thiazole rings is 1. The number of hydrogen-bond acceptors (Lipinski definition) is 6. The molecule has 112 valence electrons. The monoisotopic (exact) mass is 298 g/mol. The first-order valence-corrected chi connectivity index (χ1v) is 7.78. The minimum absolute atomic E-state index is 0.233. The molecule has 1 aromatic rings. The van der Waals surface area contributed by atoms with Crippen LogP contribution >= 0.6 is 11.3 Å². The summed E-state index contributed by atoms with van der Waals surface area (Å²) in [5, 5.41) is 2.87. The minimum Gasteiger partial charge on any atom is -0.465 e. The first kappa shape index (κ1) is 15.3. The number of carbonyl (C=O) groups excluding carboxylic acids is 1. The molecule has 1 aromatic heterocycles. The van der Waals surface area contributed by atoms with Crippen LogP contribution in [0, 0.1) is 0 Å². The third-order valence-electron chi connectivity index (χ3n) is 3.67. The van der Waals surface area contributed by atoms with Crippen LogP contribution in [-0.4, -0.2) is 43.9 Å². The highest BCUT2D eigenvalue weighted by Gasteiger charge is 2.34. The van der Waals surface area contributed by atoms with E-state index in [1.54, 1.807) is 11.3 Å². The first-order valence-electron chi connectivity index (χ1n) is 6.90. The molecule has 1 atom stereocenters. The van der Waals surface area contributed by atoms with E-state index < -0.39 is 5.41 Å². The van der Waals surface area contributed by atoms with E-state index >= 15 is 0 Å². The Morgan fingerprint density at radius 1 is 1.65 bits per heavy atom. The first-order chi connectivity index (χ1) is 9.46. The van der Waals surface area contributed by atoms with Crippen molar-refractivity contribution in [3.63, 3.8) is 0 Å². The maximum atomic E-state index is 12.0.